The first kappa shape index (κ1) is 13.1. The number of rotatable bonds is 4. The lowest BCUT2D eigenvalue weighted by atomic mass is 10.1. The van der Waals surface area contributed by atoms with E-state index in [2.05, 4.69) is 11.3 Å². The van der Waals surface area contributed by atoms with Crippen LogP contribution in [-0.4, -0.2) is 42.8 Å². The summed E-state index contributed by atoms with van der Waals surface area (Å²) >= 11 is 0. The fraction of sp³-hybridized carbons (Fsp3) is 0.417. The van der Waals surface area contributed by atoms with Crippen molar-refractivity contribution in [2.45, 2.75) is 25.3 Å². The maximum Gasteiger partial charge on any atom is 0.510 e. The minimum absolute atomic E-state index is 0.163. The molecular weight excluding hydrogens is 254 g/mol. The molecule has 0 bridgehead atoms. The first-order valence-electron chi connectivity index (χ1n) is 5.64. The number of aldehydes is 1. The molecule has 7 heteroatoms. The summed E-state index contributed by atoms with van der Waals surface area (Å²) in [5, 5.41) is 0. The van der Waals surface area contributed by atoms with Gasteiger partial charge in [-0.2, -0.15) is 0 Å². The summed E-state index contributed by atoms with van der Waals surface area (Å²) in [4.78, 5) is 35.0. The number of nitrogens with zero attached hydrogens (tertiary/aromatic N) is 1. The summed E-state index contributed by atoms with van der Waals surface area (Å²) in [6.07, 6.45) is 0.0960. The third kappa shape index (κ3) is 2.18. The van der Waals surface area contributed by atoms with E-state index in [9.17, 15) is 14.4 Å². The molecule has 0 saturated carbocycles. The van der Waals surface area contributed by atoms with Gasteiger partial charge < -0.3 is 14.2 Å². The third-order valence-electron chi connectivity index (χ3n) is 2.88. The highest BCUT2D eigenvalue weighted by atomic mass is 16.7. The van der Waals surface area contributed by atoms with Gasteiger partial charge in [0.1, 0.15) is 6.29 Å². The molecule has 0 N–H and O–H groups in total. The van der Waals surface area contributed by atoms with Gasteiger partial charge in [-0.25, -0.2) is 4.79 Å². The van der Waals surface area contributed by atoms with Crippen LogP contribution >= 0.6 is 0 Å². The first-order chi connectivity index (χ1) is 9.12. The summed E-state index contributed by atoms with van der Waals surface area (Å²) in [7, 11) is 1.15. The summed E-state index contributed by atoms with van der Waals surface area (Å²) in [5.41, 5.74) is 0.283. The number of hydrogen-bond donors (Lipinski definition) is 0. The van der Waals surface area contributed by atoms with Gasteiger partial charge in [0.25, 0.3) is 0 Å². The average Bonchev–Trinajstić information content (AvgIpc) is 2.67. The zero-order valence-electron chi connectivity index (χ0n) is 10.3. The molecule has 2 aliphatic rings. The standard InChI is InChI=1S/C12H13NO6/c1-3-4-7(6-14)10-11(19-12(16)17-2)13-8(15)5-9(13)18-10/h3,6,9,11H,1,4-5H2,2H3/t9-,11?/m1/s1. The van der Waals surface area contributed by atoms with Crippen molar-refractivity contribution in [3.63, 3.8) is 0 Å². The van der Waals surface area contributed by atoms with E-state index in [1.54, 1.807) is 0 Å². The maximum atomic E-state index is 11.5. The van der Waals surface area contributed by atoms with Crippen molar-refractivity contribution in [3.05, 3.63) is 24.0 Å². The molecule has 1 unspecified atom stereocenters. The molecule has 0 radical (unpaired) electrons. The molecule has 19 heavy (non-hydrogen) atoms. The molecule has 2 aliphatic heterocycles. The van der Waals surface area contributed by atoms with Gasteiger partial charge in [-0.3, -0.25) is 14.5 Å². The minimum Gasteiger partial charge on any atom is -0.468 e. The predicted octanol–water partition coefficient (Wildman–Crippen LogP) is 0.713. The van der Waals surface area contributed by atoms with Crippen LogP contribution in [0.4, 0.5) is 4.79 Å². The number of carbonyl (C=O) groups excluding carboxylic acids is 3. The Morgan fingerprint density at radius 2 is 2.37 bits per heavy atom. The third-order valence-corrected chi connectivity index (χ3v) is 2.88. The fourth-order valence-electron chi connectivity index (χ4n) is 1.96. The van der Waals surface area contributed by atoms with E-state index < -0.39 is 18.6 Å². The molecule has 102 valence electrons. The second kappa shape index (κ2) is 5.13. The molecule has 0 aromatic rings. The van der Waals surface area contributed by atoms with Crippen LogP contribution in [0.3, 0.4) is 0 Å². The fourth-order valence-corrected chi connectivity index (χ4v) is 1.96. The van der Waals surface area contributed by atoms with Crippen LogP contribution in [0.25, 0.3) is 0 Å². The van der Waals surface area contributed by atoms with E-state index in [0.29, 0.717) is 6.29 Å². The number of carbonyl (C=O) groups is 3. The van der Waals surface area contributed by atoms with E-state index in [-0.39, 0.29) is 30.1 Å². The van der Waals surface area contributed by atoms with Crippen LogP contribution in [-0.2, 0) is 23.8 Å². The predicted molar refractivity (Wildman–Crippen MR) is 61.5 cm³/mol. The van der Waals surface area contributed by atoms with Crippen molar-refractivity contribution < 1.29 is 28.6 Å². The van der Waals surface area contributed by atoms with Crippen LogP contribution in [0.2, 0.25) is 0 Å². The number of ether oxygens (including phenoxy) is 3. The Labute approximate surface area is 109 Å². The van der Waals surface area contributed by atoms with E-state index in [1.165, 1.54) is 11.0 Å². The van der Waals surface area contributed by atoms with Gasteiger partial charge in [0, 0.05) is 5.57 Å². The molecule has 2 heterocycles. The topological polar surface area (TPSA) is 82.1 Å². The SMILES string of the molecule is C=CCC(C=O)=C1O[C@@H]2CC(=O)N2C1OC(=O)OC. The van der Waals surface area contributed by atoms with Gasteiger partial charge in [-0.05, 0) is 6.42 Å². The zero-order chi connectivity index (χ0) is 14.0. The van der Waals surface area contributed by atoms with Crippen molar-refractivity contribution in [1.29, 1.82) is 0 Å². The van der Waals surface area contributed by atoms with Gasteiger partial charge in [0.2, 0.25) is 12.1 Å². The largest absolute Gasteiger partial charge is 0.510 e. The van der Waals surface area contributed by atoms with Gasteiger partial charge >= 0.3 is 6.16 Å². The molecule has 0 spiro atoms. The lowest BCUT2D eigenvalue weighted by molar-refractivity contribution is -0.164. The molecular formula is C12H13NO6. The zero-order valence-corrected chi connectivity index (χ0v) is 10.3. The Morgan fingerprint density at radius 3 is 2.89 bits per heavy atom. The first-order valence-corrected chi connectivity index (χ1v) is 5.64. The Bertz CT molecular complexity index is 469. The van der Waals surface area contributed by atoms with Gasteiger partial charge in [0.15, 0.2) is 12.0 Å². The Morgan fingerprint density at radius 1 is 1.63 bits per heavy atom. The van der Waals surface area contributed by atoms with Crippen LogP contribution < -0.4 is 0 Å². The number of allylic oxidation sites excluding steroid dienone is 2. The Hall–Kier alpha value is -2.31. The number of amides is 1. The van der Waals surface area contributed by atoms with Crippen LogP contribution in [0.5, 0.6) is 0 Å². The van der Waals surface area contributed by atoms with Gasteiger partial charge in [0.05, 0.1) is 13.5 Å². The van der Waals surface area contributed by atoms with Crippen molar-refractivity contribution in [3.8, 4) is 0 Å². The maximum absolute atomic E-state index is 11.5. The smallest absolute Gasteiger partial charge is 0.468 e. The van der Waals surface area contributed by atoms with E-state index in [4.69, 9.17) is 9.47 Å². The van der Waals surface area contributed by atoms with Gasteiger partial charge in [-0.15, -0.1) is 6.58 Å². The van der Waals surface area contributed by atoms with Gasteiger partial charge in [-0.1, -0.05) is 6.08 Å². The number of hydrogen-bond acceptors (Lipinski definition) is 6. The normalized spacial score (nSPS) is 26.8. The molecule has 0 aromatic carbocycles. The average molecular weight is 267 g/mol. The molecule has 7 nitrogen and oxygen atoms in total. The lowest BCUT2D eigenvalue weighted by Gasteiger charge is -2.33. The second-order valence-corrected chi connectivity index (χ2v) is 4.00. The van der Waals surface area contributed by atoms with Crippen LogP contribution in [0.1, 0.15) is 12.8 Å². The molecule has 1 amide bonds. The van der Waals surface area contributed by atoms with E-state index >= 15 is 0 Å². The Balaban J connectivity index is 2.30. The second-order valence-electron chi connectivity index (χ2n) is 4.00. The van der Waals surface area contributed by atoms with E-state index in [1.807, 2.05) is 0 Å². The highest BCUT2D eigenvalue weighted by Crippen LogP contribution is 2.38. The van der Waals surface area contributed by atoms with Crippen LogP contribution in [0, 0.1) is 0 Å². The highest BCUT2D eigenvalue weighted by Gasteiger charge is 2.53. The Kier molecular flexibility index (Phi) is 3.55. The number of β-lactam (4-membered cyclic amide) rings is 1. The molecule has 0 aliphatic carbocycles. The molecule has 2 rings (SSSR count). The molecule has 0 aromatic heterocycles. The summed E-state index contributed by atoms with van der Waals surface area (Å²) < 4.78 is 14.8. The van der Waals surface area contributed by atoms with Crippen molar-refractivity contribution in [2.24, 2.45) is 0 Å². The lowest BCUT2D eigenvalue weighted by Crippen LogP contribution is -2.53. The highest BCUT2D eigenvalue weighted by molar-refractivity contribution is 5.85. The number of methoxy groups -OCH3 is 1. The summed E-state index contributed by atoms with van der Waals surface area (Å²) in [6.45, 7) is 3.53. The van der Waals surface area contributed by atoms with Crippen molar-refractivity contribution in [2.75, 3.05) is 7.11 Å². The molecule has 2 saturated heterocycles. The van der Waals surface area contributed by atoms with Crippen molar-refractivity contribution in [1.82, 2.24) is 4.90 Å². The summed E-state index contributed by atoms with van der Waals surface area (Å²) in [6, 6.07) is 0. The van der Waals surface area contributed by atoms with E-state index in [0.717, 1.165) is 7.11 Å². The molecule has 2 atom stereocenters. The monoisotopic (exact) mass is 267 g/mol. The van der Waals surface area contributed by atoms with Crippen LogP contribution in [0.15, 0.2) is 24.0 Å². The molecule has 2 fully saturated rings. The van der Waals surface area contributed by atoms with Crippen molar-refractivity contribution >= 4 is 18.3 Å². The quantitative estimate of drug-likeness (QED) is 0.245. The minimum atomic E-state index is -1.04. The summed E-state index contributed by atoms with van der Waals surface area (Å²) in [5.74, 6) is -0.0473. The number of fused-ring (bicyclic) bond motifs is 1.